The number of nitrogens with zero attached hydrogens (tertiary/aromatic N) is 4. The average Bonchev–Trinajstić information content (AvgIpc) is 3.46. The molecule has 1 aliphatic heterocycles. The highest BCUT2D eigenvalue weighted by Gasteiger charge is 2.48. The summed E-state index contributed by atoms with van der Waals surface area (Å²) in [5.74, 6) is 1.35. The van der Waals surface area contributed by atoms with Gasteiger partial charge in [-0.15, -0.1) is 0 Å². The second-order valence-corrected chi connectivity index (χ2v) is 18.3. The number of benzene rings is 2. The van der Waals surface area contributed by atoms with E-state index in [-0.39, 0.29) is 22.5 Å². The van der Waals surface area contributed by atoms with Crippen molar-refractivity contribution in [3.8, 4) is 34.3 Å². The standard InChI is InChI=1S/C34H42N4O3Si/c1-23(2)41-30-12-11-24(17-25(30)19-35)32-36-20-26(21-37-32)27-9-8-10-29-28(27)13-14-34(29)18-31(39)38(22-34)15-16-40-42(6,7)33(3,4)5/h8-12,17,20-21,23H,13-16,18,22H2,1-7H3. The molecule has 1 amide bonds. The number of carbonyl (C=O) groups excluding carboxylic acids is 1. The number of carbonyl (C=O) groups is 1. The van der Waals surface area contributed by atoms with Crippen molar-refractivity contribution in [2.45, 2.75) is 83.5 Å². The Morgan fingerprint density at radius 2 is 1.86 bits per heavy atom. The lowest BCUT2D eigenvalue weighted by Gasteiger charge is -2.36. The molecule has 0 saturated carbocycles. The minimum atomic E-state index is -1.85. The lowest BCUT2D eigenvalue weighted by Crippen LogP contribution is -2.43. The molecule has 3 aromatic rings. The molecular weight excluding hydrogens is 540 g/mol. The van der Waals surface area contributed by atoms with Gasteiger partial charge in [0.25, 0.3) is 0 Å². The van der Waals surface area contributed by atoms with Gasteiger partial charge >= 0.3 is 0 Å². The molecule has 1 fully saturated rings. The molecule has 1 atom stereocenters. The van der Waals surface area contributed by atoms with E-state index in [1.807, 2.05) is 37.2 Å². The summed E-state index contributed by atoms with van der Waals surface area (Å²) in [4.78, 5) is 24.5. The van der Waals surface area contributed by atoms with E-state index >= 15 is 0 Å². The first-order valence-corrected chi connectivity index (χ1v) is 17.8. The first-order chi connectivity index (χ1) is 19.8. The monoisotopic (exact) mass is 582 g/mol. The highest BCUT2D eigenvalue weighted by molar-refractivity contribution is 6.74. The van der Waals surface area contributed by atoms with Gasteiger partial charge in [0.05, 0.1) is 18.3 Å². The molecule has 8 heteroatoms. The zero-order valence-corrected chi connectivity index (χ0v) is 27.0. The lowest BCUT2D eigenvalue weighted by molar-refractivity contribution is -0.128. The second-order valence-electron chi connectivity index (χ2n) is 13.5. The molecule has 0 radical (unpaired) electrons. The van der Waals surface area contributed by atoms with Gasteiger partial charge in [-0.05, 0) is 79.7 Å². The second kappa shape index (κ2) is 11.3. The van der Waals surface area contributed by atoms with Gasteiger partial charge in [-0.3, -0.25) is 4.79 Å². The van der Waals surface area contributed by atoms with Gasteiger partial charge in [0.2, 0.25) is 5.91 Å². The van der Waals surface area contributed by atoms with E-state index in [1.54, 1.807) is 12.1 Å². The largest absolute Gasteiger partial charge is 0.490 e. The highest BCUT2D eigenvalue weighted by Crippen LogP contribution is 2.48. The topological polar surface area (TPSA) is 88.3 Å². The van der Waals surface area contributed by atoms with Crippen LogP contribution in [0.2, 0.25) is 18.1 Å². The summed E-state index contributed by atoms with van der Waals surface area (Å²) in [5.41, 5.74) is 5.75. The van der Waals surface area contributed by atoms with Crippen molar-refractivity contribution < 1.29 is 14.0 Å². The fourth-order valence-corrected chi connectivity index (χ4v) is 6.98. The van der Waals surface area contributed by atoms with Crippen LogP contribution in [-0.4, -0.2) is 54.9 Å². The fourth-order valence-electron chi connectivity index (χ4n) is 5.94. The van der Waals surface area contributed by atoms with Crippen molar-refractivity contribution in [3.63, 3.8) is 0 Å². The SMILES string of the molecule is CC(C)Oc1ccc(-c2ncc(-c3cccc4c3CCC43CC(=O)N(CCO[Si](C)(C)C(C)(C)C)C3)cn2)cc1C#N. The molecule has 7 nitrogen and oxygen atoms in total. The van der Waals surface area contributed by atoms with Crippen LogP contribution in [0.5, 0.6) is 5.75 Å². The predicted octanol–water partition coefficient (Wildman–Crippen LogP) is 6.91. The molecule has 220 valence electrons. The third-order valence-corrected chi connectivity index (χ3v) is 13.8. The summed E-state index contributed by atoms with van der Waals surface area (Å²) < 4.78 is 12.1. The molecule has 2 aliphatic rings. The number of hydrogen-bond donors (Lipinski definition) is 0. The maximum atomic E-state index is 13.2. The fraction of sp³-hybridized carbons (Fsp3) is 0.471. The van der Waals surface area contributed by atoms with E-state index in [4.69, 9.17) is 9.16 Å². The number of nitriles is 1. The van der Waals surface area contributed by atoms with Gasteiger partial charge in [-0.1, -0.05) is 39.0 Å². The Labute approximate surface area is 251 Å². The first kappa shape index (κ1) is 29.9. The predicted molar refractivity (Wildman–Crippen MR) is 168 cm³/mol. The van der Waals surface area contributed by atoms with E-state index in [0.29, 0.717) is 36.7 Å². The molecule has 2 heterocycles. The van der Waals surface area contributed by atoms with Crippen molar-refractivity contribution in [2.75, 3.05) is 19.7 Å². The Hall–Kier alpha value is -3.54. The summed E-state index contributed by atoms with van der Waals surface area (Å²) in [6.07, 6.45) is 6.15. The summed E-state index contributed by atoms with van der Waals surface area (Å²) in [6.45, 7) is 17.1. The third kappa shape index (κ3) is 5.73. The van der Waals surface area contributed by atoms with E-state index in [1.165, 1.54) is 11.1 Å². The summed E-state index contributed by atoms with van der Waals surface area (Å²) >= 11 is 0. The number of hydrogen-bond acceptors (Lipinski definition) is 6. The van der Waals surface area contributed by atoms with Crippen LogP contribution in [0.15, 0.2) is 48.8 Å². The van der Waals surface area contributed by atoms with Crippen molar-refractivity contribution in [1.29, 1.82) is 5.26 Å². The maximum absolute atomic E-state index is 13.2. The molecule has 2 aromatic carbocycles. The Kier molecular flexibility index (Phi) is 8.03. The van der Waals surface area contributed by atoms with Crippen molar-refractivity contribution in [1.82, 2.24) is 14.9 Å². The summed E-state index contributed by atoms with van der Waals surface area (Å²) in [5, 5.41) is 9.76. The van der Waals surface area contributed by atoms with Gasteiger partial charge in [0, 0.05) is 48.4 Å². The minimum Gasteiger partial charge on any atom is -0.490 e. The Morgan fingerprint density at radius 3 is 2.52 bits per heavy atom. The van der Waals surface area contributed by atoms with E-state index in [2.05, 4.69) is 68.1 Å². The maximum Gasteiger partial charge on any atom is 0.223 e. The Bertz CT molecular complexity index is 1520. The molecule has 1 aromatic heterocycles. The molecule has 0 N–H and O–H groups in total. The molecule has 1 saturated heterocycles. The number of ether oxygens (including phenoxy) is 1. The van der Waals surface area contributed by atoms with Gasteiger partial charge in [-0.2, -0.15) is 5.26 Å². The Balaban J connectivity index is 1.33. The third-order valence-electron chi connectivity index (χ3n) is 9.25. The van der Waals surface area contributed by atoms with Crippen LogP contribution in [0, 0.1) is 11.3 Å². The first-order valence-electron chi connectivity index (χ1n) is 14.9. The van der Waals surface area contributed by atoms with Crippen molar-refractivity contribution >= 4 is 14.2 Å². The van der Waals surface area contributed by atoms with Crippen LogP contribution >= 0.6 is 0 Å². The van der Waals surface area contributed by atoms with Crippen LogP contribution in [-0.2, 0) is 21.1 Å². The van der Waals surface area contributed by atoms with Gasteiger partial charge in [0.1, 0.15) is 11.8 Å². The van der Waals surface area contributed by atoms with Gasteiger partial charge in [-0.25, -0.2) is 9.97 Å². The molecule has 1 aliphatic carbocycles. The highest BCUT2D eigenvalue weighted by atomic mass is 28.4. The number of amides is 1. The molecule has 1 unspecified atom stereocenters. The Morgan fingerprint density at radius 1 is 1.12 bits per heavy atom. The zero-order chi connectivity index (χ0) is 30.3. The minimum absolute atomic E-state index is 0.0167. The normalized spacial score (nSPS) is 18.5. The van der Waals surface area contributed by atoms with Crippen molar-refractivity contribution in [2.24, 2.45) is 0 Å². The number of fused-ring (bicyclic) bond motifs is 2. The lowest BCUT2D eigenvalue weighted by atomic mass is 9.80. The number of aromatic nitrogens is 2. The van der Waals surface area contributed by atoms with Gasteiger partial charge in [0.15, 0.2) is 14.1 Å². The molecule has 1 spiro atoms. The van der Waals surface area contributed by atoms with Crippen LogP contribution in [0.25, 0.3) is 22.5 Å². The summed E-state index contributed by atoms with van der Waals surface area (Å²) in [7, 11) is -1.85. The average molecular weight is 583 g/mol. The van der Waals surface area contributed by atoms with Crippen LogP contribution in [0.1, 0.15) is 64.2 Å². The van der Waals surface area contributed by atoms with Crippen LogP contribution in [0.4, 0.5) is 0 Å². The van der Waals surface area contributed by atoms with E-state index in [0.717, 1.165) is 36.1 Å². The smallest absolute Gasteiger partial charge is 0.223 e. The summed E-state index contributed by atoms with van der Waals surface area (Å²) in [6, 6.07) is 14.1. The quantitative estimate of drug-likeness (QED) is 0.268. The van der Waals surface area contributed by atoms with Crippen molar-refractivity contribution in [3.05, 3.63) is 65.5 Å². The van der Waals surface area contributed by atoms with Crippen LogP contribution in [0.3, 0.4) is 0 Å². The molecule has 42 heavy (non-hydrogen) atoms. The number of likely N-dealkylation sites (tertiary alicyclic amines) is 1. The molecule has 0 bridgehead atoms. The molecule has 5 rings (SSSR count). The number of rotatable bonds is 8. The zero-order valence-electron chi connectivity index (χ0n) is 26.0. The molecular formula is C34H42N4O3Si. The van der Waals surface area contributed by atoms with E-state index < -0.39 is 8.32 Å². The van der Waals surface area contributed by atoms with Gasteiger partial charge < -0.3 is 14.1 Å². The van der Waals surface area contributed by atoms with E-state index in [9.17, 15) is 10.1 Å². The van der Waals surface area contributed by atoms with Crippen LogP contribution < -0.4 is 4.74 Å².